The predicted octanol–water partition coefficient (Wildman–Crippen LogP) is 6.21. The highest BCUT2D eigenvalue weighted by molar-refractivity contribution is 5.25. The molecule has 0 aliphatic heterocycles. The van der Waals surface area contributed by atoms with E-state index in [-0.39, 0.29) is 4.92 Å². The lowest BCUT2D eigenvalue weighted by Gasteiger charge is -2.44. The Labute approximate surface area is 194 Å². The van der Waals surface area contributed by atoms with Crippen LogP contribution in [0.25, 0.3) is 0 Å². The third kappa shape index (κ3) is 5.30. The Morgan fingerprint density at radius 2 is 2.00 bits per heavy atom. The lowest BCUT2D eigenvalue weighted by atomic mass is 9.61. The standard InChI is InChI=1S/C27H45NO4/c1-18(8-6-14-26(3,4)28(31)32)23-12-13-24-20(9-7-15-27(23,24)5)10-11-21-16-22(29)17-25(30)19(21)2/h9,18,22-25,29-30H,6-8,10-17H2,1-5H3/t18-,22-,23-,24+,25+,27-/m1/s1. The molecule has 0 bridgehead atoms. The zero-order chi connectivity index (χ0) is 23.7. The molecular formula is C27H45NO4. The number of aliphatic hydroxyl groups is 2. The second-order valence-corrected chi connectivity index (χ2v) is 11.9. The number of rotatable bonds is 9. The van der Waals surface area contributed by atoms with E-state index in [2.05, 4.69) is 19.9 Å². The van der Waals surface area contributed by atoms with Gasteiger partial charge in [0.1, 0.15) is 0 Å². The fourth-order valence-electron chi connectivity index (χ4n) is 7.10. The summed E-state index contributed by atoms with van der Waals surface area (Å²) >= 11 is 0. The number of nitrogens with zero attached hydrogens (tertiary/aromatic N) is 1. The zero-order valence-corrected chi connectivity index (χ0v) is 20.9. The van der Waals surface area contributed by atoms with Crippen molar-refractivity contribution in [2.75, 3.05) is 0 Å². The molecule has 3 rings (SSSR count). The first kappa shape index (κ1) is 25.4. The smallest absolute Gasteiger partial charge is 0.216 e. The SMILES string of the molecule is CC1=C(CCC2=CCC[C@]3(C)[C@@H]([C@H](C)CCCC(C)(C)[N+](=O)[O-])CC[C@@H]23)C[C@@H](O)C[C@@H]1O. The van der Waals surface area contributed by atoms with E-state index in [1.54, 1.807) is 19.4 Å². The van der Waals surface area contributed by atoms with Crippen molar-refractivity contribution in [2.24, 2.45) is 23.2 Å². The van der Waals surface area contributed by atoms with Crippen LogP contribution >= 0.6 is 0 Å². The summed E-state index contributed by atoms with van der Waals surface area (Å²) in [5.41, 5.74) is 3.43. The largest absolute Gasteiger partial charge is 0.393 e. The third-order valence-corrected chi connectivity index (χ3v) is 9.33. The first-order valence-electron chi connectivity index (χ1n) is 12.8. The molecule has 2 N–H and O–H groups in total. The average molecular weight is 448 g/mol. The monoisotopic (exact) mass is 447 g/mol. The van der Waals surface area contributed by atoms with Gasteiger partial charge >= 0.3 is 0 Å². The van der Waals surface area contributed by atoms with Crippen LogP contribution in [0, 0.1) is 33.3 Å². The Balaban J connectivity index is 1.60. The number of hydrogen-bond acceptors (Lipinski definition) is 4. The summed E-state index contributed by atoms with van der Waals surface area (Å²) in [6, 6.07) is 0. The van der Waals surface area contributed by atoms with Crippen LogP contribution in [0.3, 0.4) is 0 Å². The molecule has 0 heterocycles. The van der Waals surface area contributed by atoms with Crippen LogP contribution in [0.4, 0.5) is 0 Å². The van der Waals surface area contributed by atoms with Gasteiger partial charge in [0.15, 0.2) is 0 Å². The summed E-state index contributed by atoms with van der Waals surface area (Å²) < 4.78 is 0. The Morgan fingerprint density at radius 3 is 2.69 bits per heavy atom. The molecule has 1 fully saturated rings. The lowest BCUT2D eigenvalue weighted by Crippen LogP contribution is -2.35. The van der Waals surface area contributed by atoms with Crippen LogP contribution < -0.4 is 0 Å². The summed E-state index contributed by atoms with van der Waals surface area (Å²) in [6.07, 6.45) is 12.3. The Morgan fingerprint density at radius 1 is 1.28 bits per heavy atom. The maximum Gasteiger partial charge on any atom is 0.216 e. The molecule has 3 aliphatic rings. The van der Waals surface area contributed by atoms with Gasteiger partial charge in [-0.05, 0) is 87.0 Å². The molecule has 0 spiro atoms. The molecule has 0 saturated heterocycles. The first-order valence-corrected chi connectivity index (χ1v) is 12.8. The molecule has 1 saturated carbocycles. The van der Waals surface area contributed by atoms with Gasteiger partial charge < -0.3 is 10.2 Å². The van der Waals surface area contributed by atoms with E-state index >= 15 is 0 Å². The molecule has 5 heteroatoms. The van der Waals surface area contributed by atoms with Crippen LogP contribution in [0.2, 0.25) is 0 Å². The summed E-state index contributed by atoms with van der Waals surface area (Å²) in [4.78, 5) is 11.1. The van der Waals surface area contributed by atoms with Crippen LogP contribution in [0.5, 0.6) is 0 Å². The fraction of sp³-hybridized carbons (Fsp3) is 0.852. The normalized spacial score (nSPS) is 34.3. The van der Waals surface area contributed by atoms with E-state index in [1.807, 2.05) is 6.92 Å². The molecule has 182 valence electrons. The molecule has 5 nitrogen and oxygen atoms in total. The highest BCUT2D eigenvalue weighted by Crippen LogP contribution is 2.59. The molecule has 0 aromatic carbocycles. The van der Waals surface area contributed by atoms with Crippen molar-refractivity contribution in [3.05, 3.63) is 32.9 Å². The summed E-state index contributed by atoms with van der Waals surface area (Å²) in [7, 11) is 0. The summed E-state index contributed by atoms with van der Waals surface area (Å²) in [5.74, 6) is 1.92. The maximum atomic E-state index is 11.2. The van der Waals surface area contributed by atoms with E-state index in [1.165, 1.54) is 24.8 Å². The van der Waals surface area contributed by atoms with Gasteiger partial charge in [-0.25, -0.2) is 0 Å². The van der Waals surface area contributed by atoms with Gasteiger partial charge in [0.05, 0.1) is 12.2 Å². The molecule has 0 aromatic rings. The van der Waals surface area contributed by atoms with Gasteiger partial charge in [0.2, 0.25) is 5.54 Å². The molecule has 32 heavy (non-hydrogen) atoms. The molecular weight excluding hydrogens is 402 g/mol. The second kappa shape index (κ2) is 9.97. The highest BCUT2D eigenvalue weighted by Gasteiger charge is 2.50. The quantitative estimate of drug-likeness (QED) is 0.250. The number of fused-ring (bicyclic) bond motifs is 1. The Kier molecular flexibility index (Phi) is 7.92. The van der Waals surface area contributed by atoms with Crippen molar-refractivity contribution in [1.82, 2.24) is 0 Å². The van der Waals surface area contributed by atoms with E-state index in [4.69, 9.17) is 0 Å². The van der Waals surface area contributed by atoms with Crippen LogP contribution in [-0.2, 0) is 0 Å². The van der Waals surface area contributed by atoms with Gasteiger partial charge in [-0.15, -0.1) is 0 Å². The van der Waals surface area contributed by atoms with Gasteiger partial charge in [0.25, 0.3) is 0 Å². The molecule has 0 unspecified atom stereocenters. The minimum absolute atomic E-state index is 0.135. The van der Waals surface area contributed by atoms with E-state index in [0.29, 0.717) is 42.4 Å². The van der Waals surface area contributed by atoms with Gasteiger partial charge in [-0.1, -0.05) is 37.5 Å². The number of hydrogen-bond donors (Lipinski definition) is 2. The zero-order valence-electron chi connectivity index (χ0n) is 20.9. The van der Waals surface area contributed by atoms with Crippen LogP contribution in [0.1, 0.15) is 105 Å². The molecule has 0 radical (unpaired) electrons. The highest BCUT2D eigenvalue weighted by atomic mass is 16.6. The third-order valence-electron chi connectivity index (χ3n) is 9.33. The second-order valence-electron chi connectivity index (χ2n) is 11.9. The fourth-order valence-corrected chi connectivity index (χ4v) is 7.10. The predicted molar refractivity (Wildman–Crippen MR) is 129 cm³/mol. The lowest BCUT2D eigenvalue weighted by molar-refractivity contribution is -0.561. The van der Waals surface area contributed by atoms with Gasteiger partial charge in [-0.3, -0.25) is 10.1 Å². The average Bonchev–Trinajstić information content (AvgIpc) is 3.06. The number of allylic oxidation sites excluding steroid dienone is 2. The first-order chi connectivity index (χ1) is 15.0. The van der Waals surface area contributed by atoms with Crippen LogP contribution in [0.15, 0.2) is 22.8 Å². The maximum absolute atomic E-state index is 11.2. The van der Waals surface area contributed by atoms with Crippen molar-refractivity contribution in [3.8, 4) is 0 Å². The molecule has 0 amide bonds. The van der Waals surface area contributed by atoms with Crippen molar-refractivity contribution < 1.29 is 15.1 Å². The minimum atomic E-state index is -0.824. The molecule has 6 atom stereocenters. The minimum Gasteiger partial charge on any atom is -0.393 e. The molecule has 0 aromatic heterocycles. The number of nitro groups is 1. The van der Waals surface area contributed by atoms with Gasteiger partial charge in [-0.2, -0.15) is 0 Å². The van der Waals surface area contributed by atoms with Crippen molar-refractivity contribution in [2.45, 2.75) is 123 Å². The Hall–Kier alpha value is -1.20. The summed E-state index contributed by atoms with van der Waals surface area (Å²) in [6.45, 7) is 10.4. The van der Waals surface area contributed by atoms with Crippen LogP contribution in [-0.4, -0.2) is 32.9 Å². The van der Waals surface area contributed by atoms with Crippen molar-refractivity contribution in [1.29, 1.82) is 0 Å². The van der Waals surface area contributed by atoms with Crippen molar-refractivity contribution in [3.63, 3.8) is 0 Å². The van der Waals surface area contributed by atoms with E-state index in [9.17, 15) is 20.3 Å². The van der Waals surface area contributed by atoms with E-state index in [0.717, 1.165) is 37.7 Å². The summed E-state index contributed by atoms with van der Waals surface area (Å²) in [5, 5.41) is 31.5. The van der Waals surface area contributed by atoms with Crippen molar-refractivity contribution >= 4 is 0 Å². The Bertz CT molecular complexity index is 755. The topological polar surface area (TPSA) is 83.6 Å². The number of aliphatic hydroxyl groups excluding tert-OH is 2. The molecule has 3 aliphatic carbocycles. The van der Waals surface area contributed by atoms with Gasteiger partial charge in [0, 0.05) is 31.6 Å². The van der Waals surface area contributed by atoms with E-state index < -0.39 is 17.7 Å².